The number of esters is 1. The molecule has 0 bridgehead atoms. The predicted molar refractivity (Wildman–Crippen MR) is 129 cm³/mol. The summed E-state index contributed by atoms with van der Waals surface area (Å²) < 4.78 is 5.10. The molecule has 0 aliphatic carbocycles. The van der Waals surface area contributed by atoms with E-state index in [1.54, 1.807) is 13.8 Å². The van der Waals surface area contributed by atoms with Crippen molar-refractivity contribution in [2.75, 3.05) is 30.5 Å². The zero-order valence-corrected chi connectivity index (χ0v) is 20.7. The number of amides is 2. The van der Waals surface area contributed by atoms with Crippen LogP contribution in [0.2, 0.25) is 0 Å². The third-order valence-electron chi connectivity index (χ3n) is 4.68. The van der Waals surface area contributed by atoms with E-state index in [9.17, 15) is 14.4 Å². The van der Waals surface area contributed by atoms with Crippen LogP contribution in [0.25, 0.3) is 10.2 Å². The maximum atomic E-state index is 12.6. The maximum Gasteiger partial charge on any atom is 0.341 e. The monoisotopic (exact) mass is 493 g/mol. The van der Waals surface area contributed by atoms with Crippen molar-refractivity contribution in [3.05, 3.63) is 26.4 Å². The van der Waals surface area contributed by atoms with Crippen LogP contribution in [0.4, 0.5) is 10.8 Å². The molecule has 3 rings (SSSR count). The molecule has 0 atom stereocenters. The molecule has 32 heavy (non-hydrogen) atoms. The van der Waals surface area contributed by atoms with Crippen molar-refractivity contribution < 1.29 is 19.1 Å². The third kappa shape index (κ3) is 4.71. The number of thioether (sulfide) groups is 1. The van der Waals surface area contributed by atoms with Gasteiger partial charge in [0.05, 0.1) is 28.2 Å². The van der Waals surface area contributed by atoms with Gasteiger partial charge in [-0.15, -0.1) is 22.7 Å². The van der Waals surface area contributed by atoms with Gasteiger partial charge in [-0.25, -0.2) is 14.8 Å². The fraction of sp³-hybridized carbons (Fsp3) is 0.350. The van der Waals surface area contributed by atoms with Gasteiger partial charge in [0.15, 0.2) is 5.16 Å². The fourth-order valence-electron chi connectivity index (χ4n) is 3.00. The van der Waals surface area contributed by atoms with Crippen molar-refractivity contribution in [3.8, 4) is 0 Å². The van der Waals surface area contributed by atoms with Crippen molar-refractivity contribution in [2.24, 2.45) is 0 Å². The Bertz CT molecular complexity index is 1220. The number of nitrogens with two attached hydrogens (primary N) is 1. The van der Waals surface area contributed by atoms with Crippen LogP contribution < -0.4 is 16.4 Å². The van der Waals surface area contributed by atoms with Gasteiger partial charge in [-0.3, -0.25) is 9.59 Å². The zero-order valence-electron chi connectivity index (χ0n) is 18.2. The number of aromatic nitrogens is 2. The summed E-state index contributed by atoms with van der Waals surface area (Å²) in [5.41, 5.74) is 7.80. The average Bonchev–Trinajstić information content (AvgIpc) is 3.22. The molecule has 0 fully saturated rings. The van der Waals surface area contributed by atoms with Crippen LogP contribution in [0.5, 0.6) is 0 Å². The van der Waals surface area contributed by atoms with E-state index in [-0.39, 0.29) is 34.7 Å². The number of nitrogens with zero attached hydrogens (tertiary/aromatic N) is 2. The highest BCUT2D eigenvalue weighted by atomic mass is 32.2. The summed E-state index contributed by atoms with van der Waals surface area (Å²) >= 11 is 3.70. The van der Waals surface area contributed by atoms with E-state index in [0.29, 0.717) is 21.4 Å². The second kappa shape index (κ2) is 9.84. The molecule has 0 spiro atoms. The van der Waals surface area contributed by atoms with Gasteiger partial charge in [0.1, 0.15) is 15.6 Å². The molecule has 2 amide bonds. The standard InChI is InChI=1S/C20H23N5O4S3/c1-6-29-19(28)13-9(3)14(16(27)22-5)32-18(13)23-11(26)7-30-20-24-15(21)12-8(2)10(4)31-17(12)25-20/h6-7H2,1-5H3,(H,22,27)(H,23,26)(H2,21,24,25). The Hall–Kier alpha value is -2.70. The van der Waals surface area contributed by atoms with Gasteiger partial charge < -0.3 is 21.1 Å². The van der Waals surface area contributed by atoms with Crippen LogP contribution in [0.3, 0.4) is 0 Å². The molecule has 0 aliphatic heterocycles. The van der Waals surface area contributed by atoms with Gasteiger partial charge >= 0.3 is 5.97 Å². The molecule has 0 saturated heterocycles. The Labute approximate surface area is 197 Å². The molecule has 3 aromatic rings. The Morgan fingerprint density at radius 2 is 1.84 bits per heavy atom. The lowest BCUT2D eigenvalue weighted by atomic mass is 10.1. The minimum atomic E-state index is -0.593. The summed E-state index contributed by atoms with van der Waals surface area (Å²) in [5, 5.41) is 6.76. The molecule has 0 radical (unpaired) electrons. The second-order valence-corrected chi connectivity index (χ2v) is 9.92. The van der Waals surface area contributed by atoms with E-state index in [2.05, 4.69) is 20.6 Å². The van der Waals surface area contributed by atoms with Gasteiger partial charge in [0.25, 0.3) is 5.91 Å². The smallest absolute Gasteiger partial charge is 0.341 e. The first-order valence-corrected chi connectivity index (χ1v) is 12.3. The van der Waals surface area contributed by atoms with E-state index < -0.39 is 5.97 Å². The van der Waals surface area contributed by atoms with Crippen LogP contribution >= 0.6 is 34.4 Å². The SMILES string of the molecule is CCOC(=O)c1c(NC(=O)CSc2nc(N)c3c(C)c(C)sc3n2)sc(C(=O)NC)c1C. The number of fused-ring (bicyclic) bond motifs is 1. The normalized spacial score (nSPS) is 10.9. The Morgan fingerprint density at radius 1 is 1.12 bits per heavy atom. The van der Waals surface area contributed by atoms with Crippen LogP contribution in [-0.4, -0.2) is 47.2 Å². The first kappa shape index (κ1) is 24.0. The number of rotatable bonds is 7. The largest absolute Gasteiger partial charge is 0.462 e. The van der Waals surface area contributed by atoms with Crippen molar-refractivity contribution in [1.29, 1.82) is 0 Å². The molecular formula is C20H23N5O4S3. The first-order valence-electron chi connectivity index (χ1n) is 9.66. The number of thiophene rings is 2. The number of carbonyl (C=O) groups excluding carboxylic acids is 3. The molecular weight excluding hydrogens is 470 g/mol. The van der Waals surface area contributed by atoms with Gasteiger partial charge in [0.2, 0.25) is 5.91 Å². The molecule has 0 aliphatic rings. The quantitative estimate of drug-likeness (QED) is 0.258. The van der Waals surface area contributed by atoms with E-state index in [4.69, 9.17) is 10.5 Å². The molecule has 0 unspecified atom stereocenters. The van der Waals surface area contributed by atoms with E-state index >= 15 is 0 Å². The van der Waals surface area contributed by atoms with Crippen LogP contribution in [0.1, 0.15) is 43.0 Å². The number of hydrogen-bond donors (Lipinski definition) is 3. The number of anilines is 2. The Morgan fingerprint density at radius 3 is 2.50 bits per heavy atom. The number of hydrogen-bond acceptors (Lipinski definition) is 10. The zero-order chi connectivity index (χ0) is 23.6. The average molecular weight is 494 g/mol. The summed E-state index contributed by atoms with van der Waals surface area (Å²) in [6, 6.07) is 0. The molecule has 3 heterocycles. The summed E-state index contributed by atoms with van der Waals surface area (Å²) in [4.78, 5) is 48.2. The van der Waals surface area contributed by atoms with Crippen molar-refractivity contribution >= 4 is 73.3 Å². The van der Waals surface area contributed by atoms with E-state index in [0.717, 1.165) is 43.8 Å². The lowest BCUT2D eigenvalue weighted by Crippen LogP contribution is -2.18. The summed E-state index contributed by atoms with van der Waals surface area (Å²) in [6.45, 7) is 7.49. The molecule has 0 aromatic carbocycles. The van der Waals surface area contributed by atoms with Crippen LogP contribution in [0, 0.1) is 20.8 Å². The highest BCUT2D eigenvalue weighted by Gasteiger charge is 2.26. The number of ether oxygens (including phenoxy) is 1. The number of nitrogens with one attached hydrogen (secondary N) is 2. The Kier molecular flexibility index (Phi) is 7.36. The minimum Gasteiger partial charge on any atom is -0.462 e. The first-order chi connectivity index (χ1) is 15.2. The van der Waals surface area contributed by atoms with Gasteiger partial charge in [-0.1, -0.05) is 11.8 Å². The van der Waals surface area contributed by atoms with E-state index in [1.807, 2.05) is 13.8 Å². The number of carbonyl (C=O) groups is 3. The topological polar surface area (TPSA) is 136 Å². The van der Waals surface area contributed by atoms with Crippen molar-refractivity contribution in [3.63, 3.8) is 0 Å². The maximum absolute atomic E-state index is 12.6. The van der Waals surface area contributed by atoms with Gasteiger partial charge in [-0.2, -0.15) is 0 Å². The second-order valence-electron chi connectivity index (χ2n) is 6.75. The van der Waals surface area contributed by atoms with Crippen molar-refractivity contribution in [1.82, 2.24) is 15.3 Å². The predicted octanol–water partition coefficient (Wildman–Crippen LogP) is 3.53. The van der Waals surface area contributed by atoms with Crippen LogP contribution in [-0.2, 0) is 9.53 Å². The van der Waals surface area contributed by atoms with Crippen molar-refractivity contribution in [2.45, 2.75) is 32.9 Å². The van der Waals surface area contributed by atoms with Gasteiger partial charge in [-0.05, 0) is 38.8 Å². The molecule has 12 heteroatoms. The lowest BCUT2D eigenvalue weighted by molar-refractivity contribution is -0.113. The lowest BCUT2D eigenvalue weighted by Gasteiger charge is -2.07. The molecule has 9 nitrogen and oxygen atoms in total. The van der Waals surface area contributed by atoms with E-state index in [1.165, 1.54) is 18.4 Å². The molecule has 170 valence electrons. The highest BCUT2D eigenvalue weighted by Crippen LogP contribution is 2.35. The van der Waals surface area contributed by atoms with Crippen LogP contribution in [0.15, 0.2) is 5.16 Å². The number of aryl methyl sites for hydroxylation is 2. The summed E-state index contributed by atoms with van der Waals surface area (Å²) in [6.07, 6.45) is 0. The minimum absolute atomic E-state index is 0.00278. The molecule has 0 saturated carbocycles. The Balaban J connectivity index is 1.79. The van der Waals surface area contributed by atoms with Gasteiger partial charge in [0, 0.05) is 11.9 Å². The summed E-state index contributed by atoms with van der Waals surface area (Å²) in [5.74, 6) is -0.918. The molecule has 3 aromatic heterocycles. The number of nitrogen functional groups attached to an aromatic ring is 1. The fourth-order valence-corrected chi connectivity index (χ4v) is 5.90. The third-order valence-corrected chi connectivity index (χ3v) is 7.84. The molecule has 4 N–H and O–H groups in total. The highest BCUT2D eigenvalue weighted by molar-refractivity contribution is 7.99. The summed E-state index contributed by atoms with van der Waals surface area (Å²) in [7, 11) is 1.50.